The Hall–Kier alpha value is -2.12. The van der Waals surface area contributed by atoms with Gasteiger partial charge in [0.15, 0.2) is 0 Å². The van der Waals surface area contributed by atoms with Crippen LogP contribution in [0.1, 0.15) is 12.8 Å². The number of nitrogens with zero attached hydrogens (tertiary/aromatic N) is 3. The summed E-state index contributed by atoms with van der Waals surface area (Å²) in [5.74, 6) is 0.994. The van der Waals surface area contributed by atoms with Crippen molar-refractivity contribution in [3.8, 4) is 10.4 Å². The van der Waals surface area contributed by atoms with Gasteiger partial charge in [0, 0.05) is 29.1 Å². The number of pyridine rings is 1. The predicted octanol–water partition coefficient (Wildman–Crippen LogP) is 2.81. The van der Waals surface area contributed by atoms with Gasteiger partial charge in [-0.1, -0.05) is 0 Å². The van der Waals surface area contributed by atoms with E-state index < -0.39 is 0 Å². The molecule has 2 aromatic heterocycles. The second kappa shape index (κ2) is 5.44. The number of anilines is 2. The number of piperidine rings is 3. The van der Waals surface area contributed by atoms with E-state index in [4.69, 9.17) is 10.5 Å². The van der Waals surface area contributed by atoms with Gasteiger partial charge in [-0.05, 0) is 50.2 Å². The van der Waals surface area contributed by atoms with Crippen LogP contribution in [0.15, 0.2) is 30.5 Å². The normalized spacial score (nSPS) is 30.9. The minimum atomic E-state index is -0.328. The summed E-state index contributed by atoms with van der Waals surface area (Å²) >= 11 is 1.56. The number of amides is 1. The van der Waals surface area contributed by atoms with Crippen LogP contribution in [0, 0.1) is 5.92 Å². The molecule has 1 atom stereocenters. The Balaban J connectivity index is 1.43. The lowest BCUT2D eigenvalue weighted by molar-refractivity contribution is -0.0881. The highest BCUT2D eigenvalue weighted by Gasteiger charge is 2.55. The fourth-order valence-corrected chi connectivity index (χ4v) is 5.45. The zero-order valence-corrected chi connectivity index (χ0v) is 14.7. The van der Waals surface area contributed by atoms with Crippen LogP contribution in [-0.4, -0.2) is 47.8 Å². The molecule has 1 spiro atoms. The molecule has 0 aliphatic carbocycles. The van der Waals surface area contributed by atoms with E-state index in [1.54, 1.807) is 22.4 Å². The number of rotatable bonds is 2. The lowest BCUT2D eigenvalue weighted by Gasteiger charge is -2.49. The van der Waals surface area contributed by atoms with E-state index in [0.29, 0.717) is 18.3 Å². The van der Waals surface area contributed by atoms with Crippen LogP contribution in [0.25, 0.3) is 10.4 Å². The van der Waals surface area contributed by atoms with Crippen molar-refractivity contribution in [1.29, 1.82) is 0 Å². The van der Waals surface area contributed by atoms with Gasteiger partial charge in [-0.2, -0.15) is 0 Å². The molecular weight excluding hydrogens is 336 g/mol. The van der Waals surface area contributed by atoms with E-state index in [0.717, 1.165) is 47.9 Å². The SMILES string of the molecule is Nc1ncccc1-c1ccc(N2C[C@@]3(CN4CCC3CC4)OC2=O)s1. The molecule has 7 heteroatoms. The van der Waals surface area contributed by atoms with Gasteiger partial charge >= 0.3 is 6.09 Å². The molecule has 130 valence electrons. The van der Waals surface area contributed by atoms with Gasteiger partial charge in [0.2, 0.25) is 0 Å². The van der Waals surface area contributed by atoms with Crippen molar-refractivity contribution in [2.24, 2.45) is 5.92 Å². The van der Waals surface area contributed by atoms with Crippen LogP contribution in [0.3, 0.4) is 0 Å². The van der Waals surface area contributed by atoms with Gasteiger partial charge < -0.3 is 10.5 Å². The van der Waals surface area contributed by atoms with Crippen LogP contribution in [0.4, 0.5) is 15.6 Å². The maximum absolute atomic E-state index is 12.6. The highest BCUT2D eigenvalue weighted by molar-refractivity contribution is 7.19. The summed E-state index contributed by atoms with van der Waals surface area (Å²) in [5.41, 5.74) is 6.56. The molecule has 0 unspecified atom stereocenters. The number of thiophene rings is 1. The molecule has 4 aliphatic heterocycles. The molecule has 6 rings (SSSR count). The first-order valence-corrected chi connectivity index (χ1v) is 9.50. The Morgan fingerprint density at radius 2 is 2.08 bits per heavy atom. The molecule has 0 radical (unpaired) electrons. The van der Waals surface area contributed by atoms with E-state index >= 15 is 0 Å². The molecule has 1 amide bonds. The number of fused-ring (bicyclic) bond motifs is 2. The molecule has 4 fully saturated rings. The second-order valence-electron chi connectivity index (χ2n) is 7.14. The largest absolute Gasteiger partial charge is 0.439 e. The number of carbonyl (C=O) groups excluding carboxylic acids is 1. The molecule has 2 N–H and O–H groups in total. The average Bonchev–Trinajstić information content (AvgIpc) is 3.21. The monoisotopic (exact) mass is 356 g/mol. The summed E-state index contributed by atoms with van der Waals surface area (Å²) in [6, 6.07) is 7.81. The zero-order valence-electron chi connectivity index (χ0n) is 13.9. The predicted molar refractivity (Wildman–Crippen MR) is 97.7 cm³/mol. The molecule has 25 heavy (non-hydrogen) atoms. The van der Waals surface area contributed by atoms with Crippen molar-refractivity contribution in [2.45, 2.75) is 18.4 Å². The highest BCUT2D eigenvalue weighted by atomic mass is 32.1. The van der Waals surface area contributed by atoms with Gasteiger partial charge in [-0.3, -0.25) is 9.80 Å². The van der Waals surface area contributed by atoms with Crippen LogP contribution < -0.4 is 10.6 Å². The molecule has 4 aliphatic rings. The van der Waals surface area contributed by atoms with E-state index in [-0.39, 0.29) is 11.7 Å². The summed E-state index contributed by atoms with van der Waals surface area (Å²) < 4.78 is 5.94. The molecule has 0 aromatic carbocycles. The van der Waals surface area contributed by atoms with E-state index in [2.05, 4.69) is 9.88 Å². The first kappa shape index (κ1) is 15.2. The Morgan fingerprint density at radius 1 is 1.24 bits per heavy atom. The number of aromatic nitrogens is 1. The number of nitrogen functional groups attached to an aromatic ring is 1. The van der Waals surface area contributed by atoms with Gasteiger partial charge in [0.05, 0.1) is 6.54 Å². The molecule has 2 aromatic rings. The van der Waals surface area contributed by atoms with Crippen LogP contribution in [0.2, 0.25) is 0 Å². The molecule has 2 bridgehead atoms. The average molecular weight is 356 g/mol. The van der Waals surface area contributed by atoms with Crippen molar-refractivity contribution in [1.82, 2.24) is 9.88 Å². The third-order valence-electron chi connectivity index (χ3n) is 5.72. The smallest absolute Gasteiger partial charge is 0.415 e. The van der Waals surface area contributed by atoms with E-state index in [9.17, 15) is 4.79 Å². The number of hydrogen-bond acceptors (Lipinski definition) is 6. The summed E-state index contributed by atoms with van der Waals surface area (Å²) in [6.45, 7) is 3.78. The van der Waals surface area contributed by atoms with Crippen molar-refractivity contribution in [2.75, 3.05) is 36.8 Å². The quantitative estimate of drug-likeness (QED) is 0.896. The van der Waals surface area contributed by atoms with Crippen LogP contribution in [-0.2, 0) is 4.74 Å². The first-order valence-electron chi connectivity index (χ1n) is 8.68. The Kier molecular flexibility index (Phi) is 3.30. The van der Waals surface area contributed by atoms with Crippen molar-refractivity contribution in [3.05, 3.63) is 30.5 Å². The fraction of sp³-hybridized carbons (Fsp3) is 0.444. The minimum absolute atomic E-state index is 0.221. The van der Waals surface area contributed by atoms with E-state index in [1.165, 1.54) is 0 Å². The number of carbonyl (C=O) groups is 1. The van der Waals surface area contributed by atoms with Gasteiger partial charge in [-0.25, -0.2) is 9.78 Å². The highest BCUT2D eigenvalue weighted by Crippen LogP contribution is 2.45. The third kappa shape index (κ3) is 2.33. The number of hydrogen-bond donors (Lipinski definition) is 1. The minimum Gasteiger partial charge on any atom is -0.439 e. The molecule has 4 saturated heterocycles. The van der Waals surface area contributed by atoms with Crippen LogP contribution >= 0.6 is 11.3 Å². The van der Waals surface area contributed by atoms with Crippen LogP contribution in [0.5, 0.6) is 0 Å². The standard InChI is InChI=1S/C18H20N4O2S/c19-16-13(2-1-7-20-16)14-3-4-15(25-14)22-11-18(24-17(22)23)10-21-8-5-12(18)6-9-21/h1-4,7,12H,5-6,8-11H2,(H2,19,20)/t18-/m1/s1. The van der Waals surface area contributed by atoms with Crippen molar-refractivity contribution in [3.63, 3.8) is 0 Å². The fourth-order valence-electron chi connectivity index (χ4n) is 4.42. The lowest BCUT2D eigenvalue weighted by atomic mass is 9.75. The zero-order chi connectivity index (χ0) is 17.0. The molecule has 6 nitrogen and oxygen atoms in total. The summed E-state index contributed by atoms with van der Waals surface area (Å²) in [5, 5.41) is 0.913. The summed E-state index contributed by atoms with van der Waals surface area (Å²) in [6.07, 6.45) is 3.72. The van der Waals surface area contributed by atoms with Crippen molar-refractivity contribution >= 4 is 28.2 Å². The Morgan fingerprint density at radius 3 is 2.80 bits per heavy atom. The number of nitrogens with two attached hydrogens (primary N) is 1. The van der Waals surface area contributed by atoms with E-state index in [1.807, 2.05) is 24.3 Å². The first-order chi connectivity index (χ1) is 12.1. The van der Waals surface area contributed by atoms with Gasteiger partial charge in [0.25, 0.3) is 0 Å². The van der Waals surface area contributed by atoms with Crippen molar-refractivity contribution < 1.29 is 9.53 Å². The summed E-state index contributed by atoms with van der Waals surface area (Å²) in [7, 11) is 0. The summed E-state index contributed by atoms with van der Waals surface area (Å²) in [4.78, 5) is 22.0. The topological polar surface area (TPSA) is 71.7 Å². The van der Waals surface area contributed by atoms with Gasteiger partial charge in [0.1, 0.15) is 16.4 Å². The maximum atomic E-state index is 12.6. The second-order valence-corrected chi connectivity index (χ2v) is 8.21. The lowest BCUT2D eigenvalue weighted by Crippen LogP contribution is -2.61. The molecule has 0 saturated carbocycles. The Bertz CT molecular complexity index is 830. The third-order valence-corrected chi connectivity index (χ3v) is 6.86. The molecule has 6 heterocycles. The maximum Gasteiger partial charge on any atom is 0.415 e. The molecular formula is C18H20N4O2S. The Labute approximate surface area is 150 Å². The van der Waals surface area contributed by atoms with Gasteiger partial charge in [-0.15, -0.1) is 11.3 Å². The number of ether oxygens (including phenoxy) is 1.